The molecule has 0 amide bonds. The van der Waals surface area contributed by atoms with Crippen LogP contribution in [0, 0.1) is 11.8 Å². The first-order chi connectivity index (χ1) is 10.2. The predicted molar refractivity (Wildman–Crippen MR) is 81.7 cm³/mol. The van der Waals surface area contributed by atoms with Crippen LogP contribution in [0.3, 0.4) is 0 Å². The van der Waals surface area contributed by atoms with Crippen molar-refractivity contribution in [1.82, 2.24) is 0 Å². The van der Waals surface area contributed by atoms with Gasteiger partial charge in [0.05, 0.1) is 5.92 Å². The van der Waals surface area contributed by atoms with Crippen LogP contribution in [0.15, 0.2) is 24.3 Å². The predicted octanol–water partition coefficient (Wildman–Crippen LogP) is 2.74. The minimum Gasteiger partial charge on any atom is -0.481 e. The van der Waals surface area contributed by atoms with E-state index in [4.69, 9.17) is 4.74 Å². The number of carbonyl (C=O) groups is 1. The summed E-state index contributed by atoms with van der Waals surface area (Å²) in [6.45, 7) is 5.37. The Hall–Kier alpha value is -1.55. The Morgan fingerprint density at radius 3 is 2.81 bits per heavy atom. The third kappa shape index (κ3) is 2.91. The lowest BCUT2D eigenvalue weighted by Crippen LogP contribution is -2.33. The Kier molecular flexibility index (Phi) is 4.15. The summed E-state index contributed by atoms with van der Waals surface area (Å²) in [5.74, 6) is -0.294. The lowest BCUT2D eigenvalue weighted by atomic mass is 9.89. The van der Waals surface area contributed by atoms with Crippen LogP contribution in [0.4, 0.5) is 5.69 Å². The highest BCUT2D eigenvalue weighted by Gasteiger charge is 2.35. The van der Waals surface area contributed by atoms with Crippen molar-refractivity contribution in [3.05, 3.63) is 29.8 Å². The Bertz CT molecular complexity index is 511. The van der Waals surface area contributed by atoms with Crippen molar-refractivity contribution in [3.8, 4) is 0 Å². The molecule has 4 nitrogen and oxygen atoms in total. The summed E-state index contributed by atoms with van der Waals surface area (Å²) in [4.78, 5) is 13.7. The summed E-state index contributed by atoms with van der Waals surface area (Å²) in [7, 11) is 0. The average Bonchev–Trinajstić information content (AvgIpc) is 2.86. The van der Waals surface area contributed by atoms with Gasteiger partial charge in [0.2, 0.25) is 0 Å². The Morgan fingerprint density at radius 1 is 1.38 bits per heavy atom. The fraction of sp³-hybridized carbons (Fsp3) is 0.588. The summed E-state index contributed by atoms with van der Waals surface area (Å²) < 4.78 is 5.43. The molecule has 2 aliphatic heterocycles. The van der Waals surface area contributed by atoms with Crippen molar-refractivity contribution in [2.75, 3.05) is 31.2 Å². The highest BCUT2D eigenvalue weighted by atomic mass is 16.5. The van der Waals surface area contributed by atoms with Gasteiger partial charge in [0, 0.05) is 37.9 Å². The molecule has 114 valence electrons. The summed E-state index contributed by atoms with van der Waals surface area (Å²) in [5.41, 5.74) is 2.42. The number of anilines is 1. The maximum Gasteiger partial charge on any atom is 0.306 e. The first kappa shape index (κ1) is 14.4. The van der Waals surface area contributed by atoms with E-state index in [1.54, 1.807) is 0 Å². The summed E-state index contributed by atoms with van der Waals surface area (Å²) >= 11 is 0. The minimum absolute atomic E-state index is 0.0959. The van der Waals surface area contributed by atoms with Gasteiger partial charge in [0.1, 0.15) is 0 Å². The molecule has 0 radical (unpaired) electrons. The molecule has 4 heteroatoms. The Morgan fingerprint density at radius 2 is 2.10 bits per heavy atom. The van der Waals surface area contributed by atoms with Gasteiger partial charge in [-0.2, -0.15) is 0 Å². The lowest BCUT2D eigenvalue weighted by molar-refractivity contribution is -0.141. The van der Waals surface area contributed by atoms with E-state index in [-0.39, 0.29) is 11.8 Å². The van der Waals surface area contributed by atoms with Crippen molar-refractivity contribution < 1.29 is 14.6 Å². The van der Waals surface area contributed by atoms with Gasteiger partial charge in [-0.25, -0.2) is 0 Å². The van der Waals surface area contributed by atoms with Crippen molar-refractivity contribution in [2.24, 2.45) is 11.8 Å². The normalized spacial score (nSPS) is 23.9. The fourth-order valence-electron chi connectivity index (χ4n) is 3.54. The molecule has 21 heavy (non-hydrogen) atoms. The maximum absolute atomic E-state index is 11.4. The number of carboxylic acids is 1. The van der Waals surface area contributed by atoms with E-state index in [0.717, 1.165) is 39.1 Å². The zero-order valence-electron chi connectivity index (χ0n) is 12.5. The molecule has 2 aliphatic rings. The van der Waals surface area contributed by atoms with Crippen molar-refractivity contribution in [2.45, 2.75) is 25.7 Å². The number of aliphatic carboxylic acids is 1. The molecule has 1 aromatic carbocycles. The molecule has 2 heterocycles. The molecular formula is C17H23NO3. The van der Waals surface area contributed by atoms with Crippen LogP contribution in [0.2, 0.25) is 0 Å². The van der Waals surface area contributed by atoms with E-state index in [2.05, 4.69) is 17.0 Å². The van der Waals surface area contributed by atoms with E-state index < -0.39 is 5.97 Å². The zero-order valence-corrected chi connectivity index (χ0v) is 12.5. The van der Waals surface area contributed by atoms with Gasteiger partial charge in [0.15, 0.2) is 0 Å². The smallest absolute Gasteiger partial charge is 0.306 e. The molecule has 1 N–H and O–H groups in total. The molecule has 1 fully saturated rings. The van der Waals surface area contributed by atoms with Crippen molar-refractivity contribution >= 4 is 11.7 Å². The number of hydrogen-bond acceptors (Lipinski definition) is 3. The van der Waals surface area contributed by atoms with Gasteiger partial charge >= 0.3 is 5.97 Å². The van der Waals surface area contributed by atoms with Gasteiger partial charge in [-0.05, 0) is 30.4 Å². The highest BCUT2D eigenvalue weighted by Crippen LogP contribution is 2.41. The molecule has 3 rings (SSSR count). The Labute approximate surface area is 125 Å². The van der Waals surface area contributed by atoms with E-state index in [9.17, 15) is 9.90 Å². The number of para-hydroxylation sites is 1. The van der Waals surface area contributed by atoms with Gasteiger partial charge < -0.3 is 14.7 Å². The standard InChI is InChI=1S/C17H23NO3/c1-12(17(19)20)15-11-18(10-13-6-8-21-9-7-13)16-5-3-2-4-14(15)16/h2-5,12-13,15H,6-11H2,1H3,(H,19,20). The number of fused-ring (bicyclic) bond motifs is 1. The number of rotatable bonds is 4. The number of nitrogens with zero attached hydrogens (tertiary/aromatic N) is 1. The number of hydrogen-bond donors (Lipinski definition) is 1. The van der Waals surface area contributed by atoms with E-state index in [1.165, 1.54) is 11.3 Å². The van der Waals surface area contributed by atoms with Gasteiger partial charge in [-0.3, -0.25) is 4.79 Å². The molecule has 0 aromatic heterocycles. The van der Waals surface area contributed by atoms with E-state index in [0.29, 0.717) is 5.92 Å². The first-order valence-corrected chi connectivity index (χ1v) is 7.81. The van der Waals surface area contributed by atoms with Gasteiger partial charge in [-0.15, -0.1) is 0 Å². The monoisotopic (exact) mass is 289 g/mol. The van der Waals surface area contributed by atoms with Crippen LogP contribution in [-0.4, -0.2) is 37.4 Å². The second kappa shape index (κ2) is 6.06. The molecular weight excluding hydrogens is 266 g/mol. The average molecular weight is 289 g/mol. The minimum atomic E-state index is -0.706. The van der Waals surface area contributed by atoms with Crippen LogP contribution in [0.1, 0.15) is 31.2 Å². The third-order valence-corrected chi connectivity index (χ3v) is 4.91. The second-order valence-electron chi connectivity index (χ2n) is 6.25. The number of ether oxygens (including phenoxy) is 1. The number of benzene rings is 1. The van der Waals surface area contributed by atoms with E-state index in [1.807, 2.05) is 19.1 Å². The van der Waals surface area contributed by atoms with E-state index >= 15 is 0 Å². The van der Waals surface area contributed by atoms with Crippen molar-refractivity contribution in [3.63, 3.8) is 0 Å². The molecule has 1 aromatic rings. The first-order valence-electron chi connectivity index (χ1n) is 7.81. The van der Waals surface area contributed by atoms with Crippen LogP contribution >= 0.6 is 0 Å². The van der Waals surface area contributed by atoms with Crippen LogP contribution in [-0.2, 0) is 9.53 Å². The Balaban J connectivity index is 1.78. The van der Waals surface area contributed by atoms with Crippen LogP contribution in [0.25, 0.3) is 0 Å². The summed E-state index contributed by atoms with van der Waals surface area (Å²) in [5, 5.41) is 9.34. The molecule has 1 saturated heterocycles. The third-order valence-electron chi connectivity index (χ3n) is 4.91. The maximum atomic E-state index is 11.4. The summed E-state index contributed by atoms with van der Waals surface area (Å²) in [6, 6.07) is 8.27. The summed E-state index contributed by atoms with van der Waals surface area (Å²) in [6.07, 6.45) is 2.22. The van der Waals surface area contributed by atoms with Crippen LogP contribution < -0.4 is 4.90 Å². The molecule has 0 bridgehead atoms. The fourth-order valence-corrected chi connectivity index (χ4v) is 3.54. The SMILES string of the molecule is CC(C(=O)O)C1CN(CC2CCOCC2)c2ccccc21. The number of carboxylic acid groups (broad SMARTS) is 1. The van der Waals surface area contributed by atoms with Crippen molar-refractivity contribution in [1.29, 1.82) is 0 Å². The molecule has 2 unspecified atom stereocenters. The molecule has 2 atom stereocenters. The lowest BCUT2D eigenvalue weighted by Gasteiger charge is -2.29. The van der Waals surface area contributed by atoms with Gasteiger partial charge in [0.25, 0.3) is 0 Å². The second-order valence-corrected chi connectivity index (χ2v) is 6.25. The zero-order chi connectivity index (χ0) is 14.8. The molecule has 0 aliphatic carbocycles. The quantitative estimate of drug-likeness (QED) is 0.926. The molecule has 0 saturated carbocycles. The highest BCUT2D eigenvalue weighted by molar-refractivity contribution is 5.73. The van der Waals surface area contributed by atoms with Gasteiger partial charge in [-0.1, -0.05) is 25.1 Å². The van der Waals surface area contributed by atoms with Crippen LogP contribution in [0.5, 0.6) is 0 Å². The largest absolute Gasteiger partial charge is 0.481 e. The molecule has 0 spiro atoms. The topological polar surface area (TPSA) is 49.8 Å².